The molecular weight excluding hydrogens is 342 g/mol. The number of nitrogens with zero attached hydrogens (tertiary/aromatic N) is 2. The summed E-state index contributed by atoms with van der Waals surface area (Å²) in [5, 5.41) is 13.8. The molecule has 0 fully saturated rings. The number of aryl methyl sites for hydroxylation is 1. The summed E-state index contributed by atoms with van der Waals surface area (Å²) in [5.74, 6) is 0.347. The van der Waals surface area contributed by atoms with Crippen LogP contribution in [0.1, 0.15) is 12.5 Å². The highest BCUT2D eigenvalue weighted by atomic mass is 32.1. The number of nitrogens with one attached hydrogen (secondary N) is 1. The minimum atomic E-state index is -0.462. The molecule has 1 N–H and O–H groups in total. The molecule has 3 rings (SSSR count). The fraction of sp³-hybridized carbons (Fsp3) is 0.176. The lowest BCUT2D eigenvalue weighted by atomic mass is 10.1. The molecule has 0 unspecified atom stereocenters. The summed E-state index contributed by atoms with van der Waals surface area (Å²) in [6.07, 6.45) is 0.814. The molecule has 0 saturated carbocycles. The highest BCUT2D eigenvalue weighted by Gasteiger charge is 2.12. The van der Waals surface area contributed by atoms with Crippen LogP contribution in [-0.2, 0) is 11.2 Å². The van der Waals surface area contributed by atoms with Gasteiger partial charge in [-0.1, -0.05) is 36.5 Å². The number of benzene rings is 2. The maximum atomic E-state index is 12.1. The van der Waals surface area contributed by atoms with Crippen LogP contribution in [0.25, 0.3) is 10.2 Å². The third-order valence-corrected chi connectivity index (χ3v) is 4.48. The highest BCUT2D eigenvalue weighted by Crippen LogP contribution is 2.29. The maximum absolute atomic E-state index is 12.1. The molecular formula is C17H15N3O4S. The summed E-state index contributed by atoms with van der Waals surface area (Å²) in [4.78, 5) is 26.7. The molecule has 0 aliphatic rings. The molecule has 3 aromatic rings. The SMILES string of the molecule is CCc1ccccc1OCC(=O)Nc1nc2ccc([N+](=O)[O-])cc2s1. The zero-order chi connectivity index (χ0) is 17.8. The van der Waals surface area contributed by atoms with Gasteiger partial charge in [0, 0.05) is 12.1 Å². The lowest BCUT2D eigenvalue weighted by Crippen LogP contribution is -2.20. The van der Waals surface area contributed by atoms with E-state index in [0.29, 0.717) is 21.1 Å². The van der Waals surface area contributed by atoms with Crippen LogP contribution in [-0.4, -0.2) is 22.4 Å². The Hall–Kier alpha value is -3.00. The van der Waals surface area contributed by atoms with E-state index >= 15 is 0 Å². The van der Waals surface area contributed by atoms with Gasteiger partial charge in [0.15, 0.2) is 11.7 Å². The Morgan fingerprint density at radius 1 is 1.32 bits per heavy atom. The van der Waals surface area contributed by atoms with Crippen molar-refractivity contribution in [2.24, 2.45) is 0 Å². The van der Waals surface area contributed by atoms with Gasteiger partial charge in [0.05, 0.1) is 15.1 Å². The number of para-hydroxylation sites is 1. The van der Waals surface area contributed by atoms with Crippen molar-refractivity contribution in [1.82, 2.24) is 4.98 Å². The van der Waals surface area contributed by atoms with Crippen LogP contribution in [0.4, 0.5) is 10.8 Å². The number of hydrogen-bond acceptors (Lipinski definition) is 6. The summed E-state index contributed by atoms with van der Waals surface area (Å²) in [6.45, 7) is 1.88. The molecule has 2 aromatic carbocycles. The number of carbonyl (C=O) groups excluding carboxylic acids is 1. The number of non-ortho nitro benzene ring substituents is 1. The smallest absolute Gasteiger partial charge is 0.270 e. The molecule has 0 aliphatic heterocycles. The number of anilines is 1. The molecule has 1 amide bonds. The van der Waals surface area contributed by atoms with Gasteiger partial charge in [0.25, 0.3) is 11.6 Å². The van der Waals surface area contributed by atoms with Crippen LogP contribution >= 0.6 is 11.3 Å². The molecule has 0 spiro atoms. The van der Waals surface area contributed by atoms with E-state index in [2.05, 4.69) is 10.3 Å². The van der Waals surface area contributed by atoms with E-state index in [0.717, 1.165) is 12.0 Å². The lowest BCUT2D eigenvalue weighted by Gasteiger charge is -2.09. The largest absolute Gasteiger partial charge is 0.483 e. The van der Waals surface area contributed by atoms with E-state index in [1.165, 1.54) is 23.5 Å². The monoisotopic (exact) mass is 357 g/mol. The molecule has 0 radical (unpaired) electrons. The normalized spacial score (nSPS) is 10.6. The van der Waals surface area contributed by atoms with Gasteiger partial charge in [-0.15, -0.1) is 0 Å². The Kier molecular flexibility index (Phi) is 4.90. The van der Waals surface area contributed by atoms with Crippen molar-refractivity contribution in [2.75, 3.05) is 11.9 Å². The Morgan fingerprint density at radius 3 is 2.88 bits per heavy atom. The molecule has 0 atom stereocenters. The van der Waals surface area contributed by atoms with Crippen LogP contribution in [0.5, 0.6) is 5.75 Å². The molecule has 25 heavy (non-hydrogen) atoms. The van der Waals surface area contributed by atoms with E-state index < -0.39 is 4.92 Å². The Morgan fingerprint density at radius 2 is 2.12 bits per heavy atom. The van der Waals surface area contributed by atoms with Crippen molar-refractivity contribution in [3.63, 3.8) is 0 Å². The van der Waals surface area contributed by atoms with E-state index in [9.17, 15) is 14.9 Å². The first-order valence-corrected chi connectivity index (χ1v) is 8.44. The third kappa shape index (κ3) is 3.92. The maximum Gasteiger partial charge on any atom is 0.270 e. The third-order valence-electron chi connectivity index (χ3n) is 3.54. The summed E-state index contributed by atoms with van der Waals surface area (Å²) < 4.78 is 6.20. The minimum absolute atomic E-state index is 0.00599. The summed E-state index contributed by atoms with van der Waals surface area (Å²) in [7, 11) is 0. The molecule has 128 valence electrons. The quantitative estimate of drug-likeness (QED) is 0.535. The second kappa shape index (κ2) is 7.27. The number of nitro groups is 1. The number of nitro benzene ring substituents is 1. The zero-order valence-corrected chi connectivity index (χ0v) is 14.2. The van der Waals surface area contributed by atoms with Crippen LogP contribution in [0.15, 0.2) is 42.5 Å². The molecule has 1 aromatic heterocycles. The van der Waals surface area contributed by atoms with Gasteiger partial charge in [-0.3, -0.25) is 20.2 Å². The average molecular weight is 357 g/mol. The van der Waals surface area contributed by atoms with Crippen LogP contribution in [0, 0.1) is 10.1 Å². The molecule has 7 nitrogen and oxygen atoms in total. The predicted molar refractivity (Wildman–Crippen MR) is 96.2 cm³/mol. The number of amides is 1. The first kappa shape index (κ1) is 16.8. The van der Waals surface area contributed by atoms with Crippen molar-refractivity contribution in [2.45, 2.75) is 13.3 Å². The topological polar surface area (TPSA) is 94.4 Å². The van der Waals surface area contributed by atoms with Crippen molar-refractivity contribution in [3.05, 3.63) is 58.1 Å². The first-order chi connectivity index (χ1) is 12.1. The number of hydrogen-bond donors (Lipinski definition) is 1. The zero-order valence-electron chi connectivity index (χ0n) is 13.4. The van der Waals surface area contributed by atoms with Gasteiger partial charge < -0.3 is 4.74 Å². The van der Waals surface area contributed by atoms with E-state index in [4.69, 9.17) is 4.74 Å². The highest BCUT2D eigenvalue weighted by molar-refractivity contribution is 7.22. The van der Waals surface area contributed by atoms with Crippen molar-refractivity contribution in [1.29, 1.82) is 0 Å². The average Bonchev–Trinajstić information content (AvgIpc) is 3.01. The van der Waals surface area contributed by atoms with Gasteiger partial charge >= 0.3 is 0 Å². The molecule has 8 heteroatoms. The van der Waals surface area contributed by atoms with Crippen molar-refractivity contribution < 1.29 is 14.5 Å². The Labute approximate surface area is 147 Å². The minimum Gasteiger partial charge on any atom is -0.483 e. The summed E-state index contributed by atoms with van der Waals surface area (Å²) in [6, 6.07) is 11.9. The van der Waals surface area contributed by atoms with Crippen molar-refractivity contribution >= 4 is 38.3 Å². The van der Waals surface area contributed by atoms with Crippen LogP contribution in [0.2, 0.25) is 0 Å². The van der Waals surface area contributed by atoms with E-state index in [1.54, 1.807) is 6.07 Å². The molecule has 1 heterocycles. The van der Waals surface area contributed by atoms with Gasteiger partial charge in [-0.05, 0) is 24.1 Å². The summed E-state index contributed by atoms with van der Waals surface area (Å²) in [5.41, 5.74) is 1.62. The van der Waals surface area contributed by atoms with E-state index in [1.807, 2.05) is 31.2 Å². The first-order valence-electron chi connectivity index (χ1n) is 7.62. The number of thiazole rings is 1. The lowest BCUT2D eigenvalue weighted by molar-refractivity contribution is -0.384. The molecule has 0 bridgehead atoms. The number of ether oxygens (including phenoxy) is 1. The Bertz CT molecular complexity index is 939. The van der Waals surface area contributed by atoms with Gasteiger partial charge in [0.2, 0.25) is 0 Å². The molecule has 0 aliphatic carbocycles. The standard InChI is InChI=1S/C17H15N3O4S/c1-2-11-5-3-4-6-14(11)24-10-16(21)19-17-18-13-8-7-12(20(22)23)9-15(13)25-17/h3-9H,2,10H2,1H3,(H,18,19,21). The molecule has 0 saturated heterocycles. The number of fused-ring (bicyclic) bond motifs is 1. The predicted octanol–water partition coefficient (Wildman–Crippen LogP) is 3.78. The fourth-order valence-corrected chi connectivity index (χ4v) is 3.23. The fourth-order valence-electron chi connectivity index (χ4n) is 2.32. The second-order valence-corrected chi connectivity index (χ2v) is 6.26. The van der Waals surface area contributed by atoms with E-state index in [-0.39, 0.29) is 18.2 Å². The number of rotatable bonds is 6. The van der Waals surface area contributed by atoms with Crippen LogP contribution in [0.3, 0.4) is 0 Å². The van der Waals surface area contributed by atoms with Crippen LogP contribution < -0.4 is 10.1 Å². The number of carbonyl (C=O) groups is 1. The number of aromatic nitrogens is 1. The van der Waals surface area contributed by atoms with Crippen molar-refractivity contribution in [3.8, 4) is 5.75 Å². The van der Waals surface area contributed by atoms with Gasteiger partial charge in [-0.25, -0.2) is 4.98 Å². The second-order valence-electron chi connectivity index (χ2n) is 5.23. The van der Waals surface area contributed by atoms with Gasteiger partial charge in [-0.2, -0.15) is 0 Å². The van der Waals surface area contributed by atoms with Gasteiger partial charge in [0.1, 0.15) is 5.75 Å². The Balaban J connectivity index is 1.66. The summed E-state index contributed by atoms with van der Waals surface area (Å²) >= 11 is 1.18.